The van der Waals surface area contributed by atoms with Gasteiger partial charge in [-0.3, -0.25) is 4.79 Å². The van der Waals surface area contributed by atoms with Gasteiger partial charge in [-0.25, -0.2) is 0 Å². The lowest BCUT2D eigenvalue weighted by molar-refractivity contribution is -0.136. The van der Waals surface area contributed by atoms with Crippen molar-refractivity contribution in [1.29, 1.82) is 0 Å². The minimum absolute atomic E-state index is 0.0924. The molecule has 7 heteroatoms. The van der Waals surface area contributed by atoms with Crippen LogP contribution in [0.15, 0.2) is 23.0 Å². The monoisotopic (exact) mass is 454 g/mol. The van der Waals surface area contributed by atoms with Gasteiger partial charge in [-0.15, -0.1) is 11.6 Å². The molecular weight excluding hydrogens is 425 g/mol. The van der Waals surface area contributed by atoms with Crippen LogP contribution in [0.4, 0.5) is 13.2 Å². The van der Waals surface area contributed by atoms with Crippen LogP contribution >= 0.6 is 11.6 Å². The van der Waals surface area contributed by atoms with E-state index in [4.69, 9.17) is 11.6 Å². The number of nitrogens with zero attached hydrogens (tertiary/aromatic N) is 1. The van der Waals surface area contributed by atoms with Crippen LogP contribution < -0.4 is 5.56 Å². The highest BCUT2D eigenvalue weighted by Crippen LogP contribution is 2.39. The maximum Gasteiger partial charge on any atom is 0.417 e. The van der Waals surface area contributed by atoms with Gasteiger partial charge in [-0.1, -0.05) is 39.0 Å². The van der Waals surface area contributed by atoms with Crippen LogP contribution in [0.25, 0.3) is 21.8 Å². The van der Waals surface area contributed by atoms with Crippen molar-refractivity contribution in [2.75, 3.05) is 5.88 Å². The fourth-order valence-corrected chi connectivity index (χ4v) is 4.82. The van der Waals surface area contributed by atoms with Gasteiger partial charge in [-0.05, 0) is 43.9 Å². The number of hydrogen-bond acceptors (Lipinski definition) is 1. The third-order valence-corrected chi connectivity index (χ3v) is 6.33. The molecule has 3 aromatic rings. The lowest BCUT2D eigenvalue weighted by Gasteiger charge is -2.12. The van der Waals surface area contributed by atoms with Crippen LogP contribution in [0.5, 0.6) is 0 Å². The van der Waals surface area contributed by atoms with Gasteiger partial charge in [0, 0.05) is 46.0 Å². The first-order valence-electron chi connectivity index (χ1n) is 11.1. The molecule has 1 N–H and O–H groups in total. The molecule has 2 aromatic heterocycles. The number of rotatable bonds is 10. The third-order valence-electron chi connectivity index (χ3n) is 6.07. The molecule has 31 heavy (non-hydrogen) atoms. The Hall–Kier alpha value is -1.95. The Bertz CT molecular complexity index is 1100. The first kappa shape index (κ1) is 23.7. The molecular formula is C24H30ClF3N2O. The van der Waals surface area contributed by atoms with Gasteiger partial charge < -0.3 is 9.55 Å². The number of nitrogens with one attached hydrogen (secondary N) is 1. The van der Waals surface area contributed by atoms with E-state index in [1.807, 2.05) is 19.9 Å². The molecule has 170 valence electrons. The number of aromatic nitrogens is 2. The highest BCUT2D eigenvalue weighted by molar-refractivity contribution is 6.17. The van der Waals surface area contributed by atoms with E-state index in [2.05, 4.69) is 9.55 Å². The van der Waals surface area contributed by atoms with Crippen LogP contribution in [-0.2, 0) is 19.1 Å². The van der Waals surface area contributed by atoms with Crippen molar-refractivity contribution in [2.45, 2.75) is 77.9 Å². The summed E-state index contributed by atoms with van der Waals surface area (Å²) in [6.07, 6.45) is 4.01. The van der Waals surface area contributed by atoms with E-state index in [0.29, 0.717) is 11.5 Å². The van der Waals surface area contributed by atoms with Crippen molar-refractivity contribution >= 4 is 33.4 Å². The van der Waals surface area contributed by atoms with Crippen molar-refractivity contribution in [3.8, 4) is 0 Å². The number of aryl methyl sites for hydroxylation is 2. The number of aromatic amines is 1. The van der Waals surface area contributed by atoms with E-state index >= 15 is 0 Å². The van der Waals surface area contributed by atoms with E-state index in [1.165, 1.54) is 19.3 Å². The van der Waals surface area contributed by atoms with E-state index in [9.17, 15) is 18.0 Å². The standard InChI is InChI=1S/C24H30ClF3N2O/c1-3-19-16(2)22-20(30(19)14-10-8-6-4-5-7-9-13-25)12-11-18-23(22)17(24(26,27)28)15-21(31)29-18/h11-12,15H,3-10,13-14H2,1-2H3,(H,29,31). The predicted molar refractivity (Wildman–Crippen MR) is 122 cm³/mol. The zero-order valence-electron chi connectivity index (χ0n) is 18.2. The summed E-state index contributed by atoms with van der Waals surface area (Å²) in [5.74, 6) is 0.721. The zero-order chi connectivity index (χ0) is 22.6. The number of unbranched alkanes of at least 4 members (excludes halogenated alkanes) is 6. The molecule has 0 aliphatic carbocycles. The number of hydrogen-bond donors (Lipinski definition) is 1. The van der Waals surface area contributed by atoms with Crippen molar-refractivity contribution in [2.24, 2.45) is 0 Å². The van der Waals surface area contributed by atoms with Crippen molar-refractivity contribution in [3.05, 3.63) is 45.4 Å². The first-order chi connectivity index (χ1) is 14.8. The second kappa shape index (κ2) is 10.1. The molecule has 0 saturated heterocycles. The van der Waals surface area contributed by atoms with Crippen molar-refractivity contribution in [3.63, 3.8) is 0 Å². The summed E-state index contributed by atoms with van der Waals surface area (Å²) >= 11 is 5.71. The fourth-order valence-electron chi connectivity index (χ4n) is 4.63. The number of benzene rings is 1. The molecule has 0 atom stereocenters. The molecule has 3 nitrogen and oxygen atoms in total. The SMILES string of the molecule is CCc1c(C)c2c3c(C(F)(F)F)cc(=O)[nH]c3ccc2n1CCCCCCCCCCl. The topological polar surface area (TPSA) is 37.8 Å². The van der Waals surface area contributed by atoms with Gasteiger partial charge >= 0.3 is 6.18 Å². The van der Waals surface area contributed by atoms with Crippen LogP contribution in [0, 0.1) is 6.92 Å². The van der Waals surface area contributed by atoms with Crippen LogP contribution in [-0.4, -0.2) is 15.4 Å². The second-order valence-electron chi connectivity index (χ2n) is 8.17. The van der Waals surface area contributed by atoms with E-state index < -0.39 is 17.3 Å². The third kappa shape index (κ3) is 5.11. The Morgan fingerprint density at radius 3 is 2.26 bits per heavy atom. The normalized spacial score (nSPS) is 12.3. The number of H-pyrrole nitrogens is 1. The lowest BCUT2D eigenvalue weighted by atomic mass is 10.0. The Kier molecular flexibility index (Phi) is 7.73. The van der Waals surface area contributed by atoms with Gasteiger partial charge in [-0.2, -0.15) is 13.2 Å². The van der Waals surface area contributed by atoms with Crippen molar-refractivity contribution in [1.82, 2.24) is 9.55 Å². The number of alkyl halides is 4. The van der Waals surface area contributed by atoms with Gasteiger partial charge in [0.25, 0.3) is 0 Å². The Balaban J connectivity index is 1.95. The quantitative estimate of drug-likeness (QED) is 0.252. The van der Waals surface area contributed by atoms with Gasteiger partial charge in [0.1, 0.15) is 0 Å². The molecule has 0 aliphatic heterocycles. The van der Waals surface area contributed by atoms with Gasteiger partial charge in [0.2, 0.25) is 5.56 Å². The molecule has 0 radical (unpaired) electrons. The summed E-state index contributed by atoms with van der Waals surface area (Å²) in [5, 5.41) is 0.689. The number of pyridine rings is 1. The maximum atomic E-state index is 13.8. The largest absolute Gasteiger partial charge is 0.417 e. The summed E-state index contributed by atoms with van der Waals surface area (Å²) in [5.41, 5.74) is 1.36. The second-order valence-corrected chi connectivity index (χ2v) is 8.55. The summed E-state index contributed by atoms with van der Waals surface area (Å²) in [7, 11) is 0. The molecule has 0 saturated carbocycles. The maximum absolute atomic E-state index is 13.8. The van der Waals surface area contributed by atoms with E-state index in [1.54, 1.807) is 6.07 Å². The fraction of sp³-hybridized carbons (Fsp3) is 0.542. The number of fused-ring (bicyclic) bond motifs is 3. The predicted octanol–water partition coefficient (Wildman–Crippen LogP) is 7.34. The Labute approximate surface area is 185 Å². The smallest absolute Gasteiger partial charge is 0.344 e. The number of halogens is 4. The molecule has 2 heterocycles. The van der Waals surface area contributed by atoms with E-state index in [0.717, 1.165) is 61.3 Å². The average Bonchev–Trinajstić information content (AvgIpc) is 2.99. The van der Waals surface area contributed by atoms with Gasteiger partial charge in [0.15, 0.2) is 0 Å². The summed E-state index contributed by atoms with van der Waals surface area (Å²) in [4.78, 5) is 14.4. The molecule has 0 unspecified atom stereocenters. The minimum Gasteiger partial charge on any atom is -0.344 e. The van der Waals surface area contributed by atoms with Crippen LogP contribution in [0.1, 0.15) is 68.7 Å². The Morgan fingerprint density at radius 2 is 1.65 bits per heavy atom. The molecule has 3 rings (SSSR count). The first-order valence-corrected chi connectivity index (χ1v) is 11.6. The highest BCUT2D eigenvalue weighted by Gasteiger charge is 2.34. The highest BCUT2D eigenvalue weighted by atomic mass is 35.5. The Morgan fingerprint density at radius 1 is 1.00 bits per heavy atom. The van der Waals surface area contributed by atoms with E-state index in [-0.39, 0.29) is 10.9 Å². The molecule has 0 aliphatic rings. The summed E-state index contributed by atoms with van der Waals surface area (Å²) < 4.78 is 43.5. The molecule has 0 bridgehead atoms. The summed E-state index contributed by atoms with van der Waals surface area (Å²) in [6.45, 7) is 4.70. The molecule has 0 amide bonds. The molecule has 1 aromatic carbocycles. The van der Waals surface area contributed by atoms with Crippen LogP contribution in [0.3, 0.4) is 0 Å². The lowest BCUT2D eigenvalue weighted by Crippen LogP contribution is -2.14. The molecule has 0 fully saturated rings. The van der Waals surface area contributed by atoms with Crippen molar-refractivity contribution < 1.29 is 13.2 Å². The summed E-state index contributed by atoms with van der Waals surface area (Å²) in [6, 6.07) is 4.11. The van der Waals surface area contributed by atoms with Crippen LogP contribution in [0.2, 0.25) is 0 Å². The molecule has 0 spiro atoms. The van der Waals surface area contributed by atoms with Gasteiger partial charge in [0.05, 0.1) is 5.56 Å². The average molecular weight is 455 g/mol. The minimum atomic E-state index is -4.59. The zero-order valence-corrected chi connectivity index (χ0v) is 18.9.